The quantitative estimate of drug-likeness (QED) is 0.0852. The molecule has 3 atom stereocenters. The fourth-order valence-corrected chi connectivity index (χ4v) is 5.73. The zero-order valence-corrected chi connectivity index (χ0v) is 29.4. The molecule has 10 heteroatoms. The minimum absolute atomic E-state index is 0.0183. The highest BCUT2D eigenvalue weighted by molar-refractivity contribution is 5.84. The molecule has 4 rings (SSSR count). The van der Waals surface area contributed by atoms with Crippen LogP contribution in [-0.2, 0) is 36.9 Å². The van der Waals surface area contributed by atoms with Gasteiger partial charge in [0, 0.05) is 19.4 Å². The van der Waals surface area contributed by atoms with Crippen molar-refractivity contribution < 1.29 is 33.8 Å². The molecule has 0 aliphatic heterocycles. The summed E-state index contributed by atoms with van der Waals surface area (Å²) < 4.78 is 11.4. The first-order valence-electron chi connectivity index (χ1n) is 17.1. The number of carbonyl (C=O) groups is 4. The van der Waals surface area contributed by atoms with Crippen molar-refractivity contribution in [2.45, 2.75) is 51.9 Å². The van der Waals surface area contributed by atoms with E-state index in [1.807, 2.05) is 129 Å². The number of benzene rings is 4. The zero-order chi connectivity index (χ0) is 36.6. The molecule has 0 aliphatic rings. The van der Waals surface area contributed by atoms with Gasteiger partial charge in [0.25, 0.3) is 0 Å². The molecule has 1 unspecified atom stereocenters. The van der Waals surface area contributed by atoms with Crippen LogP contribution >= 0.6 is 0 Å². The molecule has 268 valence electrons. The minimum atomic E-state index is -1.30. The summed E-state index contributed by atoms with van der Waals surface area (Å²) in [5, 5.41) is 16.0. The Morgan fingerprint density at radius 1 is 0.745 bits per heavy atom. The molecule has 0 aliphatic carbocycles. The molecular formula is C41H47N3O7. The first-order chi connectivity index (χ1) is 24.6. The summed E-state index contributed by atoms with van der Waals surface area (Å²) in [5.74, 6) is -2.78. The summed E-state index contributed by atoms with van der Waals surface area (Å²) in [4.78, 5) is 53.1. The number of amides is 3. The third-order valence-corrected chi connectivity index (χ3v) is 8.23. The van der Waals surface area contributed by atoms with Crippen LogP contribution in [0.5, 0.6) is 0 Å². The Balaban J connectivity index is 1.59. The molecule has 0 spiro atoms. The number of ether oxygens (including phenoxy) is 2. The molecule has 10 nitrogen and oxygen atoms in total. The average molecular weight is 694 g/mol. The van der Waals surface area contributed by atoms with Crippen LogP contribution in [0.25, 0.3) is 11.1 Å². The van der Waals surface area contributed by atoms with Gasteiger partial charge in [0.15, 0.2) is 6.10 Å². The molecule has 4 aromatic rings. The van der Waals surface area contributed by atoms with Crippen LogP contribution in [0.3, 0.4) is 0 Å². The monoisotopic (exact) mass is 693 g/mol. The number of nitrogens with one attached hydrogen (secondary N) is 2. The van der Waals surface area contributed by atoms with Crippen LogP contribution in [0.15, 0.2) is 115 Å². The van der Waals surface area contributed by atoms with Crippen LogP contribution in [0.2, 0.25) is 0 Å². The molecule has 4 aromatic carbocycles. The minimum Gasteiger partial charge on any atom is -0.480 e. The maximum Gasteiger partial charge on any atom is 0.337 e. The second-order valence-corrected chi connectivity index (χ2v) is 12.8. The Morgan fingerprint density at radius 2 is 1.31 bits per heavy atom. The molecule has 0 radical (unpaired) electrons. The van der Waals surface area contributed by atoms with Gasteiger partial charge >= 0.3 is 18.0 Å². The van der Waals surface area contributed by atoms with E-state index in [0.29, 0.717) is 6.42 Å². The fraction of sp³-hybridized carbons (Fsp3) is 0.317. The fourth-order valence-electron chi connectivity index (χ4n) is 5.73. The van der Waals surface area contributed by atoms with Crippen molar-refractivity contribution in [3.05, 3.63) is 132 Å². The number of rotatable bonds is 18. The van der Waals surface area contributed by atoms with Crippen molar-refractivity contribution in [3.63, 3.8) is 0 Å². The molecule has 0 saturated carbocycles. The number of nitrogens with zero attached hydrogens (tertiary/aromatic N) is 1. The predicted molar refractivity (Wildman–Crippen MR) is 196 cm³/mol. The lowest BCUT2D eigenvalue weighted by Crippen LogP contribution is -2.54. The molecule has 51 heavy (non-hydrogen) atoms. The van der Waals surface area contributed by atoms with Gasteiger partial charge in [-0.25, -0.2) is 14.4 Å². The van der Waals surface area contributed by atoms with Crippen LogP contribution < -0.4 is 10.6 Å². The summed E-state index contributed by atoms with van der Waals surface area (Å²) in [5.41, 5.74) is 4.52. The zero-order valence-electron chi connectivity index (χ0n) is 29.4. The van der Waals surface area contributed by atoms with E-state index >= 15 is 0 Å². The Morgan fingerprint density at radius 3 is 1.88 bits per heavy atom. The predicted octanol–water partition coefficient (Wildman–Crippen LogP) is 6.07. The molecule has 0 heterocycles. The number of esters is 1. The lowest BCUT2D eigenvalue weighted by Gasteiger charge is -2.32. The third-order valence-electron chi connectivity index (χ3n) is 8.23. The van der Waals surface area contributed by atoms with Crippen LogP contribution in [0, 0.1) is 5.92 Å². The molecule has 0 fully saturated rings. The van der Waals surface area contributed by atoms with E-state index in [0.717, 1.165) is 27.8 Å². The number of hydrogen-bond acceptors (Lipinski definition) is 6. The largest absolute Gasteiger partial charge is 0.480 e. The van der Waals surface area contributed by atoms with Gasteiger partial charge in [0.05, 0.1) is 19.7 Å². The molecule has 0 bridgehead atoms. The first-order valence-corrected chi connectivity index (χ1v) is 17.1. The Kier molecular flexibility index (Phi) is 14.8. The van der Waals surface area contributed by atoms with Gasteiger partial charge in [0.2, 0.25) is 5.91 Å². The standard InChI is InChI=1S/C41H47N3O7/c1-29(2)26-44(27-37(40(48)50-24-23-42-30(3)45)51-28-32-15-9-5-10-16-32)41(49)43-38(39(46)47)36(25-31-13-7-4-8-14-31)35-21-19-34(20-22-35)33-17-11-6-12-18-33/h4-22,29,36-38H,23-28H2,1-3H3,(H,42,45)(H,43,49)(H,46,47)/t36?,37-,38-/m0/s1. The highest BCUT2D eigenvalue weighted by atomic mass is 16.6. The van der Waals surface area contributed by atoms with Crippen molar-refractivity contribution in [1.82, 2.24) is 15.5 Å². The van der Waals surface area contributed by atoms with Crippen molar-refractivity contribution in [2.75, 3.05) is 26.2 Å². The number of hydrogen-bond donors (Lipinski definition) is 3. The van der Waals surface area contributed by atoms with Crippen LogP contribution in [-0.4, -0.2) is 72.3 Å². The van der Waals surface area contributed by atoms with Crippen LogP contribution in [0.1, 0.15) is 43.4 Å². The molecular weight excluding hydrogens is 646 g/mol. The van der Waals surface area contributed by atoms with Crippen molar-refractivity contribution >= 4 is 23.9 Å². The lowest BCUT2D eigenvalue weighted by atomic mass is 9.85. The summed E-state index contributed by atoms with van der Waals surface area (Å²) >= 11 is 0. The van der Waals surface area contributed by atoms with Crippen molar-refractivity contribution in [3.8, 4) is 11.1 Å². The van der Waals surface area contributed by atoms with Gasteiger partial charge in [-0.15, -0.1) is 0 Å². The van der Waals surface area contributed by atoms with E-state index in [1.165, 1.54) is 11.8 Å². The second kappa shape index (κ2) is 19.6. The maximum atomic E-state index is 14.1. The van der Waals surface area contributed by atoms with Gasteiger partial charge in [0.1, 0.15) is 12.6 Å². The molecule has 0 aromatic heterocycles. The highest BCUT2D eigenvalue weighted by Crippen LogP contribution is 2.28. The summed E-state index contributed by atoms with van der Waals surface area (Å²) in [6, 6.07) is 34.5. The van der Waals surface area contributed by atoms with E-state index in [9.17, 15) is 24.3 Å². The highest BCUT2D eigenvalue weighted by Gasteiger charge is 2.34. The summed E-state index contributed by atoms with van der Waals surface area (Å²) in [6.45, 7) is 5.38. The normalized spacial score (nSPS) is 12.7. The number of aliphatic carboxylic acids is 1. The Hall–Kier alpha value is -5.48. The Labute approximate surface area is 299 Å². The van der Waals surface area contributed by atoms with Crippen molar-refractivity contribution in [2.24, 2.45) is 5.92 Å². The first kappa shape index (κ1) is 38.3. The van der Waals surface area contributed by atoms with Gasteiger partial charge < -0.3 is 30.1 Å². The van der Waals surface area contributed by atoms with Gasteiger partial charge in [-0.1, -0.05) is 129 Å². The van der Waals surface area contributed by atoms with Crippen LogP contribution in [0.4, 0.5) is 4.79 Å². The third kappa shape index (κ3) is 12.4. The van der Waals surface area contributed by atoms with Gasteiger partial charge in [-0.05, 0) is 40.2 Å². The summed E-state index contributed by atoms with van der Waals surface area (Å²) in [6.07, 6.45) is -0.822. The number of carboxylic acids is 1. The summed E-state index contributed by atoms with van der Waals surface area (Å²) in [7, 11) is 0. The molecule has 3 amide bonds. The second-order valence-electron chi connectivity index (χ2n) is 12.8. The van der Waals surface area contributed by atoms with E-state index < -0.39 is 36.0 Å². The average Bonchev–Trinajstić information content (AvgIpc) is 3.13. The number of carbonyl (C=O) groups excluding carboxylic acids is 3. The number of carboxylic acid groups (broad SMARTS) is 1. The lowest BCUT2D eigenvalue weighted by molar-refractivity contribution is -0.159. The van der Waals surface area contributed by atoms with Crippen molar-refractivity contribution in [1.29, 1.82) is 0 Å². The van der Waals surface area contributed by atoms with E-state index in [4.69, 9.17) is 9.47 Å². The topological polar surface area (TPSA) is 134 Å². The van der Waals surface area contributed by atoms with E-state index in [2.05, 4.69) is 10.6 Å². The smallest absolute Gasteiger partial charge is 0.337 e. The Bertz CT molecular complexity index is 1680. The SMILES string of the molecule is CC(=O)NCCOC(=O)[C@H](CN(CC(C)C)C(=O)N[C@H](C(=O)O)C(Cc1ccccc1)c1ccc(-c2ccccc2)cc1)OCc1ccccc1. The number of urea groups is 1. The maximum absolute atomic E-state index is 14.1. The van der Waals surface area contributed by atoms with Gasteiger partial charge in [-0.3, -0.25) is 4.79 Å². The van der Waals surface area contributed by atoms with E-state index in [-0.39, 0.29) is 44.7 Å². The molecule has 0 saturated heterocycles. The van der Waals surface area contributed by atoms with Gasteiger partial charge in [-0.2, -0.15) is 0 Å². The van der Waals surface area contributed by atoms with E-state index in [1.54, 1.807) is 0 Å². The molecule has 3 N–H and O–H groups in total.